The van der Waals surface area contributed by atoms with Gasteiger partial charge in [0.25, 0.3) is 0 Å². The molecule has 0 spiro atoms. The van der Waals surface area contributed by atoms with Crippen molar-refractivity contribution >= 4 is 11.9 Å². The number of aryl methyl sites for hydroxylation is 1. The van der Waals surface area contributed by atoms with Crippen molar-refractivity contribution < 1.29 is 14.7 Å². The molecule has 142 valence electrons. The lowest BCUT2D eigenvalue weighted by Crippen LogP contribution is -2.47. The van der Waals surface area contributed by atoms with Crippen LogP contribution in [0.15, 0.2) is 48.7 Å². The smallest absolute Gasteiger partial charge is 0.307 e. The maximum atomic E-state index is 12.6. The molecule has 6 heteroatoms. The lowest BCUT2D eigenvalue weighted by molar-refractivity contribution is -0.145. The molecule has 0 unspecified atom stereocenters. The highest BCUT2D eigenvalue weighted by molar-refractivity contribution is 5.80. The highest BCUT2D eigenvalue weighted by atomic mass is 16.4. The Morgan fingerprint density at radius 2 is 1.89 bits per heavy atom. The van der Waals surface area contributed by atoms with Crippen molar-refractivity contribution in [1.82, 2.24) is 15.2 Å². The molecule has 3 rings (SSSR count). The second-order valence-electron chi connectivity index (χ2n) is 7.13. The Bertz CT molecular complexity index is 794. The minimum Gasteiger partial charge on any atom is -0.481 e. The van der Waals surface area contributed by atoms with Gasteiger partial charge in [0.1, 0.15) is 0 Å². The van der Waals surface area contributed by atoms with Gasteiger partial charge >= 0.3 is 5.97 Å². The molecule has 0 bridgehead atoms. The molecule has 2 heterocycles. The number of carbonyl (C=O) groups excluding carboxylic acids is 1. The number of nitrogens with one attached hydrogen (secondary N) is 1. The van der Waals surface area contributed by atoms with E-state index in [1.54, 1.807) is 6.20 Å². The number of benzene rings is 1. The third kappa shape index (κ3) is 5.14. The number of piperidine rings is 1. The predicted octanol–water partition coefficient (Wildman–Crippen LogP) is 2.23. The summed E-state index contributed by atoms with van der Waals surface area (Å²) in [4.78, 5) is 30.5. The number of pyridine rings is 1. The third-order valence-electron chi connectivity index (χ3n) is 5.07. The first-order valence-corrected chi connectivity index (χ1v) is 9.20. The number of aromatic nitrogens is 1. The highest BCUT2D eigenvalue weighted by Gasteiger charge is 2.35. The largest absolute Gasteiger partial charge is 0.481 e. The lowest BCUT2D eigenvalue weighted by Gasteiger charge is -2.35. The number of aliphatic carboxylic acids is 1. The van der Waals surface area contributed by atoms with Gasteiger partial charge in [-0.05, 0) is 36.6 Å². The number of carboxylic acids is 1. The monoisotopic (exact) mass is 367 g/mol. The van der Waals surface area contributed by atoms with E-state index in [1.807, 2.05) is 43.3 Å². The van der Waals surface area contributed by atoms with Crippen LogP contribution in [0, 0.1) is 18.8 Å². The first kappa shape index (κ1) is 19.0. The third-order valence-corrected chi connectivity index (χ3v) is 5.07. The fraction of sp³-hybridized carbons (Fsp3) is 0.381. The maximum absolute atomic E-state index is 12.6. The van der Waals surface area contributed by atoms with E-state index in [1.165, 1.54) is 5.56 Å². The molecule has 1 fully saturated rings. The molecule has 1 aromatic carbocycles. The predicted molar refractivity (Wildman–Crippen MR) is 102 cm³/mol. The Hall–Kier alpha value is -2.73. The normalized spacial score (nSPS) is 20.2. The molecule has 2 N–H and O–H groups in total. The van der Waals surface area contributed by atoms with Gasteiger partial charge in [0.15, 0.2) is 0 Å². The number of hydrogen-bond acceptors (Lipinski definition) is 4. The summed E-state index contributed by atoms with van der Waals surface area (Å²) in [5, 5.41) is 12.4. The number of rotatable bonds is 6. The van der Waals surface area contributed by atoms with Gasteiger partial charge in [-0.1, -0.05) is 30.3 Å². The molecular formula is C21H25N3O3. The van der Waals surface area contributed by atoms with Crippen molar-refractivity contribution in [3.63, 3.8) is 0 Å². The summed E-state index contributed by atoms with van der Waals surface area (Å²) < 4.78 is 0. The zero-order chi connectivity index (χ0) is 19.2. The van der Waals surface area contributed by atoms with E-state index in [4.69, 9.17) is 0 Å². The van der Waals surface area contributed by atoms with E-state index in [9.17, 15) is 14.7 Å². The Kier molecular flexibility index (Phi) is 6.19. The first-order valence-electron chi connectivity index (χ1n) is 9.20. The molecule has 2 aromatic rings. The SMILES string of the molecule is Cc1ccccc1CN1C[C@@H](C(=O)O)C[C@@H](C(=O)NCc2ccccn2)C1. The van der Waals surface area contributed by atoms with Crippen LogP contribution in [0.2, 0.25) is 0 Å². The summed E-state index contributed by atoms with van der Waals surface area (Å²) >= 11 is 0. The molecule has 0 saturated carbocycles. The minimum atomic E-state index is -0.841. The van der Waals surface area contributed by atoms with E-state index in [0.717, 1.165) is 11.3 Å². The highest BCUT2D eigenvalue weighted by Crippen LogP contribution is 2.25. The fourth-order valence-electron chi connectivity index (χ4n) is 3.54. The van der Waals surface area contributed by atoms with E-state index in [0.29, 0.717) is 32.6 Å². The number of nitrogens with zero attached hydrogens (tertiary/aromatic N) is 2. The Morgan fingerprint density at radius 3 is 2.59 bits per heavy atom. The summed E-state index contributed by atoms with van der Waals surface area (Å²) in [6, 6.07) is 13.6. The molecule has 27 heavy (non-hydrogen) atoms. The molecule has 1 amide bonds. The van der Waals surface area contributed by atoms with Crippen molar-refractivity contribution in [3.8, 4) is 0 Å². The Labute approximate surface area is 159 Å². The zero-order valence-corrected chi connectivity index (χ0v) is 15.5. The second kappa shape index (κ2) is 8.77. The lowest BCUT2D eigenvalue weighted by atomic mass is 9.88. The number of carboxylic acid groups (broad SMARTS) is 1. The Balaban J connectivity index is 1.65. The fourth-order valence-corrected chi connectivity index (χ4v) is 3.54. The van der Waals surface area contributed by atoms with Gasteiger partial charge in [0.05, 0.1) is 24.1 Å². The molecule has 1 aliphatic rings. The van der Waals surface area contributed by atoms with Crippen molar-refractivity contribution in [2.24, 2.45) is 11.8 Å². The molecular weight excluding hydrogens is 342 g/mol. The van der Waals surface area contributed by atoms with E-state index in [-0.39, 0.29) is 11.8 Å². The van der Waals surface area contributed by atoms with Crippen LogP contribution in [0.3, 0.4) is 0 Å². The summed E-state index contributed by atoms with van der Waals surface area (Å²) in [5.74, 6) is -1.82. The van der Waals surface area contributed by atoms with Crippen LogP contribution in [0.5, 0.6) is 0 Å². The van der Waals surface area contributed by atoms with Crippen LogP contribution in [-0.4, -0.2) is 40.0 Å². The van der Waals surface area contributed by atoms with Gasteiger partial charge < -0.3 is 10.4 Å². The first-order chi connectivity index (χ1) is 13.0. The molecule has 1 saturated heterocycles. The van der Waals surface area contributed by atoms with Gasteiger partial charge in [-0.25, -0.2) is 0 Å². The van der Waals surface area contributed by atoms with Crippen LogP contribution in [0.1, 0.15) is 23.2 Å². The number of carbonyl (C=O) groups is 2. The average Bonchev–Trinajstić information content (AvgIpc) is 2.68. The van der Waals surface area contributed by atoms with Crippen molar-refractivity contribution in [3.05, 3.63) is 65.5 Å². The number of likely N-dealkylation sites (tertiary alicyclic amines) is 1. The number of amides is 1. The van der Waals surface area contributed by atoms with E-state index in [2.05, 4.69) is 21.3 Å². The van der Waals surface area contributed by atoms with Gasteiger partial charge in [-0.2, -0.15) is 0 Å². The molecule has 6 nitrogen and oxygen atoms in total. The van der Waals surface area contributed by atoms with Crippen LogP contribution in [0.4, 0.5) is 0 Å². The molecule has 1 aromatic heterocycles. The standard InChI is InChI=1S/C21H25N3O3/c1-15-6-2-3-7-16(15)12-24-13-17(10-18(14-24)21(26)27)20(25)23-11-19-8-4-5-9-22-19/h2-9,17-18H,10-14H2,1H3,(H,23,25)(H,26,27)/t17-,18+/m1/s1. The van der Waals surface area contributed by atoms with Crippen molar-refractivity contribution in [1.29, 1.82) is 0 Å². The van der Waals surface area contributed by atoms with Crippen LogP contribution in [-0.2, 0) is 22.7 Å². The molecule has 1 aliphatic heterocycles. The van der Waals surface area contributed by atoms with Gasteiger partial charge in [0, 0.05) is 25.8 Å². The molecule has 0 radical (unpaired) electrons. The van der Waals surface area contributed by atoms with Crippen LogP contribution in [0.25, 0.3) is 0 Å². The second-order valence-corrected chi connectivity index (χ2v) is 7.13. The van der Waals surface area contributed by atoms with E-state index >= 15 is 0 Å². The zero-order valence-electron chi connectivity index (χ0n) is 15.5. The van der Waals surface area contributed by atoms with Gasteiger partial charge in [-0.3, -0.25) is 19.5 Å². The summed E-state index contributed by atoms with van der Waals surface area (Å²) in [7, 11) is 0. The Morgan fingerprint density at radius 1 is 1.15 bits per heavy atom. The average molecular weight is 367 g/mol. The summed E-state index contributed by atoms with van der Waals surface area (Å²) in [5.41, 5.74) is 3.12. The van der Waals surface area contributed by atoms with Crippen LogP contribution < -0.4 is 5.32 Å². The van der Waals surface area contributed by atoms with Crippen LogP contribution >= 0.6 is 0 Å². The molecule has 2 atom stereocenters. The minimum absolute atomic E-state index is 0.110. The summed E-state index contributed by atoms with van der Waals surface area (Å²) in [6.07, 6.45) is 2.06. The quantitative estimate of drug-likeness (QED) is 0.818. The summed E-state index contributed by atoms with van der Waals surface area (Å²) in [6.45, 7) is 4.08. The number of hydrogen-bond donors (Lipinski definition) is 2. The topological polar surface area (TPSA) is 82.5 Å². The van der Waals surface area contributed by atoms with Gasteiger partial charge in [0.2, 0.25) is 5.91 Å². The van der Waals surface area contributed by atoms with Crippen molar-refractivity contribution in [2.45, 2.75) is 26.4 Å². The maximum Gasteiger partial charge on any atom is 0.307 e. The van der Waals surface area contributed by atoms with E-state index < -0.39 is 11.9 Å². The molecule has 0 aliphatic carbocycles. The van der Waals surface area contributed by atoms with Gasteiger partial charge in [-0.15, -0.1) is 0 Å². The van der Waals surface area contributed by atoms with Crippen molar-refractivity contribution in [2.75, 3.05) is 13.1 Å².